The Bertz CT molecular complexity index is 1140. The molecule has 2 aliphatic rings. The number of carbonyl (C=O) groups is 2. The molecule has 1 saturated heterocycles. The van der Waals surface area contributed by atoms with Crippen molar-refractivity contribution in [3.63, 3.8) is 0 Å². The summed E-state index contributed by atoms with van der Waals surface area (Å²) in [5, 5.41) is 6.07. The molecule has 9 heteroatoms. The molecule has 3 atom stereocenters. The van der Waals surface area contributed by atoms with Gasteiger partial charge < -0.3 is 19.9 Å². The summed E-state index contributed by atoms with van der Waals surface area (Å²) in [6, 6.07) is 11.6. The van der Waals surface area contributed by atoms with Gasteiger partial charge in [-0.2, -0.15) is 4.98 Å². The topological polar surface area (TPSA) is 112 Å². The second-order valence-corrected chi connectivity index (χ2v) is 9.49. The molecule has 5 rings (SSSR count). The van der Waals surface area contributed by atoms with E-state index in [0.717, 1.165) is 5.56 Å². The molecule has 2 aliphatic heterocycles. The van der Waals surface area contributed by atoms with E-state index in [1.807, 2.05) is 48.7 Å². The summed E-state index contributed by atoms with van der Waals surface area (Å²) in [5.41, 5.74) is 5.71. The molecule has 2 N–H and O–H groups in total. The zero-order valence-electron chi connectivity index (χ0n) is 17.7. The van der Waals surface area contributed by atoms with Crippen LogP contribution in [0, 0.1) is 5.92 Å². The molecular formula is C23H24N4O4S. The summed E-state index contributed by atoms with van der Waals surface area (Å²) in [5.74, 6) is -0.174. The quantitative estimate of drug-likeness (QED) is 0.552. The Morgan fingerprint density at radius 1 is 1.31 bits per heavy atom. The van der Waals surface area contributed by atoms with Gasteiger partial charge in [-0.3, -0.25) is 9.59 Å². The third-order valence-electron chi connectivity index (χ3n) is 6.25. The van der Waals surface area contributed by atoms with E-state index < -0.39 is 17.6 Å². The smallest absolute Gasteiger partial charge is 0.238 e. The van der Waals surface area contributed by atoms with Crippen molar-refractivity contribution in [1.82, 2.24) is 15.0 Å². The van der Waals surface area contributed by atoms with Crippen molar-refractivity contribution in [2.75, 3.05) is 6.54 Å². The predicted octanol–water partition coefficient (Wildman–Crippen LogP) is 2.88. The first-order chi connectivity index (χ1) is 15.4. The number of likely N-dealkylation sites (tertiary alicyclic amines) is 1. The number of hydrogen-bond acceptors (Lipinski definition) is 7. The van der Waals surface area contributed by atoms with Crippen LogP contribution in [0.25, 0.3) is 0 Å². The van der Waals surface area contributed by atoms with Crippen molar-refractivity contribution >= 4 is 23.2 Å². The minimum Gasteiger partial charge on any atom is -0.468 e. The van der Waals surface area contributed by atoms with Crippen LogP contribution in [-0.2, 0) is 22.4 Å². The largest absolute Gasteiger partial charge is 0.468 e. The highest BCUT2D eigenvalue weighted by Crippen LogP contribution is 2.50. The molecule has 166 valence electrons. The van der Waals surface area contributed by atoms with Crippen LogP contribution in [0.4, 0.5) is 0 Å². The number of amides is 2. The Morgan fingerprint density at radius 3 is 2.94 bits per heavy atom. The standard InChI is InChI=1S/C23H24N4O4S/c1-23-13-16(15-7-2-3-8-17(15)30-23)20(21(24)28)22(29)27(23)10-4-9-19-25-18(26-31-19)12-14-6-5-11-32-14/h2-3,5-8,11,16,20H,4,9-10,12-13H2,1H3,(H2,24,28)/t16-,20+,23-/m0/s1. The fraction of sp³-hybridized carbons (Fsp3) is 0.391. The van der Waals surface area contributed by atoms with Crippen molar-refractivity contribution < 1.29 is 18.8 Å². The number of primary amides is 1. The van der Waals surface area contributed by atoms with E-state index in [1.165, 1.54) is 4.88 Å². The zero-order valence-corrected chi connectivity index (χ0v) is 18.5. The van der Waals surface area contributed by atoms with Gasteiger partial charge >= 0.3 is 0 Å². The molecule has 2 bridgehead atoms. The molecule has 2 amide bonds. The molecule has 3 aromatic rings. The van der Waals surface area contributed by atoms with Crippen LogP contribution in [0.1, 0.15) is 47.8 Å². The maximum absolute atomic E-state index is 13.3. The second kappa shape index (κ2) is 8.05. The van der Waals surface area contributed by atoms with Crippen LogP contribution in [0.3, 0.4) is 0 Å². The number of aromatic nitrogens is 2. The zero-order chi connectivity index (χ0) is 22.3. The number of hydrogen-bond donors (Lipinski definition) is 1. The molecule has 0 saturated carbocycles. The number of aryl methyl sites for hydroxylation is 1. The highest BCUT2D eigenvalue weighted by molar-refractivity contribution is 7.09. The number of piperidine rings is 1. The number of rotatable bonds is 7. The Balaban J connectivity index is 1.30. The van der Waals surface area contributed by atoms with Crippen LogP contribution in [-0.4, -0.2) is 39.1 Å². The Hall–Kier alpha value is -3.20. The number of para-hydroxylation sites is 1. The molecule has 2 aromatic heterocycles. The van der Waals surface area contributed by atoms with Gasteiger partial charge in [-0.05, 0) is 36.4 Å². The highest BCUT2D eigenvalue weighted by atomic mass is 32.1. The van der Waals surface area contributed by atoms with Gasteiger partial charge in [-0.1, -0.05) is 29.4 Å². The summed E-state index contributed by atoms with van der Waals surface area (Å²) in [6.07, 6.45) is 2.29. The molecule has 0 unspecified atom stereocenters. The molecule has 32 heavy (non-hydrogen) atoms. The fourth-order valence-electron chi connectivity index (χ4n) is 4.80. The third kappa shape index (κ3) is 3.66. The Morgan fingerprint density at radius 2 is 2.16 bits per heavy atom. The van der Waals surface area contributed by atoms with Gasteiger partial charge in [-0.25, -0.2) is 0 Å². The molecule has 1 fully saturated rings. The SMILES string of the molecule is C[C@@]12C[C@@H](c3ccccc3O1)[C@H](C(N)=O)C(=O)N2CCCc1nc(Cc2cccs2)no1. The van der Waals surface area contributed by atoms with Gasteiger partial charge in [0.15, 0.2) is 11.5 Å². The summed E-state index contributed by atoms with van der Waals surface area (Å²) in [6.45, 7) is 2.30. The number of benzene rings is 1. The molecule has 0 spiro atoms. The van der Waals surface area contributed by atoms with E-state index in [0.29, 0.717) is 49.7 Å². The Labute approximate surface area is 189 Å². The van der Waals surface area contributed by atoms with Gasteiger partial charge in [0.05, 0.1) is 0 Å². The lowest BCUT2D eigenvalue weighted by Gasteiger charge is -2.52. The average molecular weight is 453 g/mol. The van der Waals surface area contributed by atoms with Crippen molar-refractivity contribution in [1.29, 1.82) is 0 Å². The molecule has 0 aliphatic carbocycles. The lowest BCUT2D eigenvalue weighted by Crippen LogP contribution is -2.64. The van der Waals surface area contributed by atoms with E-state index in [4.69, 9.17) is 15.0 Å². The lowest BCUT2D eigenvalue weighted by atomic mass is 9.73. The molecular weight excluding hydrogens is 428 g/mol. The summed E-state index contributed by atoms with van der Waals surface area (Å²) >= 11 is 1.65. The van der Waals surface area contributed by atoms with Gasteiger partial charge in [0.1, 0.15) is 11.7 Å². The first-order valence-corrected chi connectivity index (χ1v) is 11.6. The monoisotopic (exact) mass is 452 g/mol. The number of fused-ring (bicyclic) bond motifs is 4. The van der Waals surface area contributed by atoms with E-state index in [1.54, 1.807) is 16.2 Å². The minimum absolute atomic E-state index is 0.276. The second-order valence-electron chi connectivity index (χ2n) is 8.46. The maximum Gasteiger partial charge on any atom is 0.238 e. The molecule has 4 heterocycles. The molecule has 1 aromatic carbocycles. The maximum atomic E-state index is 13.3. The van der Waals surface area contributed by atoms with Crippen molar-refractivity contribution in [2.24, 2.45) is 11.7 Å². The van der Waals surface area contributed by atoms with Crippen molar-refractivity contribution in [3.05, 3.63) is 63.9 Å². The van der Waals surface area contributed by atoms with E-state index in [9.17, 15) is 9.59 Å². The lowest BCUT2D eigenvalue weighted by molar-refractivity contribution is -0.175. The van der Waals surface area contributed by atoms with E-state index >= 15 is 0 Å². The van der Waals surface area contributed by atoms with Gasteiger partial charge in [0.2, 0.25) is 17.7 Å². The molecule has 8 nitrogen and oxygen atoms in total. The average Bonchev–Trinajstić information content (AvgIpc) is 3.42. The van der Waals surface area contributed by atoms with Crippen molar-refractivity contribution in [2.45, 2.75) is 44.2 Å². The number of thiophene rings is 1. The fourth-order valence-corrected chi connectivity index (χ4v) is 5.50. The van der Waals surface area contributed by atoms with E-state index in [-0.39, 0.29) is 11.8 Å². The first-order valence-electron chi connectivity index (χ1n) is 10.7. The van der Waals surface area contributed by atoms with Crippen molar-refractivity contribution in [3.8, 4) is 5.75 Å². The van der Waals surface area contributed by atoms with Gasteiger partial charge in [0, 0.05) is 36.6 Å². The number of ether oxygens (including phenoxy) is 1. The predicted molar refractivity (Wildman–Crippen MR) is 117 cm³/mol. The minimum atomic E-state index is -0.895. The highest BCUT2D eigenvalue weighted by Gasteiger charge is 2.55. The third-order valence-corrected chi connectivity index (χ3v) is 7.13. The summed E-state index contributed by atoms with van der Waals surface area (Å²) in [4.78, 5) is 32.9. The van der Waals surface area contributed by atoms with E-state index in [2.05, 4.69) is 10.1 Å². The summed E-state index contributed by atoms with van der Waals surface area (Å²) < 4.78 is 11.6. The van der Waals surface area contributed by atoms with Gasteiger partial charge in [0.25, 0.3) is 0 Å². The number of carbonyl (C=O) groups excluding carboxylic acids is 2. The van der Waals surface area contributed by atoms with Crippen LogP contribution in [0.5, 0.6) is 5.75 Å². The van der Waals surface area contributed by atoms with Crippen LogP contribution in [0.15, 0.2) is 46.3 Å². The number of nitrogens with two attached hydrogens (primary N) is 1. The summed E-state index contributed by atoms with van der Waals surface area (Å²) in [7, 11) is 0. The Kier molecular flexibility index (Phi) is 5.21. The van der Waals surface area contributed by atoms with Gasteiger partial charge in [-0.15, -0.1) is 11.3 Å². The number of nitrogens with zero attached hydrogens (tertiary/aromatic N) is 3. The van der Waals surface area contributed by atoms with Crippen LogP contribution in [0.2, 0.25) is 0 Å². The normalized spacial score (nSPS) is 24.2. The first kappa shape index (κ1) is 20.7. The molecule has 0 radical (unpaired) electrons. The van der Waals surface area contributed by atoms with Crippen LogP contribution >= 0.6 is 11.3 Å². The van der Waals surface area contributed by atoms with Crippen LogP contribution < -0.4 is 10.5 Å².